The van der Waals surface area contributed by atoms with E-state index in [4.69, 9.17) is 10.3 Å². The molecule has 11 heavy (non-hydrogen) atoms. The standard InChI is InChI=1S/C6H12N4O/c1-4(7)6-9-5(3-8-2)11-10-6/h4,8H,3,7H2,1-2H3. The van der Waals surface area contributed by atoms with Gasteiger partial charge in [0.05, 0.1) is 12.6 Å². The van der Waals surface area contributed by atoms with Gasteiger partial charge in [0, 0.05) is 0 Å². The van der Waals surface area contributed by atoms with Gasteiger partial charge in [-0.15, -0.1) is 0 Å². The Morgan fingerprint density at radius 2 is 2.45 bits per heavy atom. The first-order chi connectivity index (χ1) is 5.24. The van der Waals surface area contributed by atoms with Gasteiger partial charge in [0.15, 0.2) is 5.82 Å². The lowest BCUT2D eigenvalue weighted by molar-refractivity contribution is 0.365. The van der Waals surface area contributed by atoms with Crippen LogP contribution in [0, 0.1) is 0 Å². The van der Waals surface area contributed by atoms with Crippen molar-refractivity contribution in [2.24, 2.45) is 5.73 Å². The van der Waals surface area contributed by atoms with E-state index in [1.807, 2.05) is 14.0 Å². The summed E-state index contributed by atoms with van der Waals surface area (Å²) in [6.07, 6.45) is 0. The van der Waals surface area contributed by atoms with E-state index in [0.717, 1.165) is 0 Å². The molecule has 1 unspecified atom stereocenters. The molecule has 0 amide bonds. The van der Waals surface area contributed by atoms with Gasteiger partial charge in [-0.25, -0.2) is 0 Å². The summed E-state index contributed by atoms with van der Waals surface area (Å²) in [5, 5.41) is 6.58. The van der Waals surface area contributed by atoms with Crippen molar-refractivity contribution in [1.29, 1.82) is 0 Å². The van der Waals surface area contributed by atoms with Crippen LogP contribution in [-0.2, 0) is 6.54 Å². The second-order valence-electron chi connectivity index (χ2n) is 2.37. The van der Waals surface area contributed by atoms with Crippen LogP contribution in [0.3, 0.4) is 0 Å². The van der Waals surface area contributed by atoms with Crippen molar-refractivity contribution in [3.05, 3.63) is 11.7 Å². The fourth-order valence-corrected chi connectivity index (χ4v) is 0.676. The van der Waals surface area contributed by atoms with Gasteiger partial charge in [-0.2, -0.15) is 4.98 Å². The molecule has 1 aromatic heterocycles. The van der Waals surface area contributed by atoms with E-state index >= 15 is 0 Å². The minimum absolute atomic E-state index is 0.163. The number of hydrogen-bond acceptors (Lipinski definition) is 5. The fourth-order valence-electron chi connectivity index (χ4n) is 0.676. The molecule has 1 atom stereocenters. The zero-order valence-corrected chi connectivity index (χ0v) is 6.66. The molecule has 5 heteroatoms. The molecule has 0 saturated heterocycles. The smallest absolute Gasteiger partial charge is 0.240 e. The second kappa shape index (κ2) is 3.45. The van der Waals surface area contributed by atoms with Crippen LogP contribution in [0.15, 0.2) is 4.52 Å². The number of nitrogens with two attached hydrogens (primary N) is 1. The predicted molar refractivity (Wildman–Crippen MR) is 39.7 cm³/mol. The van der Waals surface area contributed by atoms with Gasteiger partial charge < -0.3 is 15.6 Å². The summed E-state index contributed by atoms with van der Waals surface area (Å²) in [7, 11) is 1.82. The topological polar surface area (TPSA) is 77.0 Å². The number of nitrogens with zero attached hydrogens (tertiary/aromatic N) is 2. The average molecular weight is 156 g/mol. The minimum Gasteiger partial charge on any atom is -0.338 e. The summed E-state index contributed by atoms with van der Waals surface area (Å²) in [5.74, 6) is 1.12. The van der Waals surface area contributed by atoms with Gasteiger partial charge in [0.1, 0.15) is 0 Å². The molecule has 1 aromatic rings. The Bertz CT molecular complexity index is 220. The summed E-state index contributed by atoms with van der Waals surface area (Å²) in [4.78, 5) is 4.03. The maximum atomic E-state index is 5.52. The van der Waals surface area contributed by atoms with E-state index in [1.165, 1.54) is 0 Å². The Labute approximate surface area is 65.0 Å². The van der Waals surface area contributed by atoms with Gasteiger partial charge in [-0.3, -0.25) is 0 Å². The molecule has 0 spiro atoms. The highest BCUT2D eigenvalue weighted by Crippen LogP contribution is 2.03. The summed E-state index contributed by atoms with van der Waals surface area (Å²) in [6.45, 7) is 2.40. The van der Waals surface area contributed by atoms with Crippen LogP contribution in [0.1, 0.15) is 24.7 Å². The van der Waals surface area contributed by atoms with Crippen LogP contribution < -0.4 is 11.1 Å². The molecule has 5 nitrogen and oxygen atoms in total. The number of hydrogen-bond donors (Lipinski definition) is 2. The largest absolute Gasteiger partial charge is 0.338 e. The summed E-state index contributed by atoms with van der Waals surface area (Å²) in [6, 6.07) is -0.163. The van der Waals surface area contributed by atoms with Crippen molar-refractivity contribution in [2.45, 2.75) is 19.5 Å². The lowest BCUT2D eigenvalue weighted by atomic mass is 10.3. The van der Waals surface area contributed by atoms with Gasteiger partial charge in [0.25, 0.3) is 0 Å². The third kappa shape index (κ3) is 1.99. The number of rotatable bonds is 3. The van der Waals surface area contributed by atoms with Crippen LogP contribution in [0.4, 0.5) is 0 Å². The molecule has 0 aromatic carbocycles. The quantitative estimate of drug-likeness (QED) is 0.634. The molecule has 0 aliphatic rings. The van der Waals surface area contributed by atoms with E-state index < -0.39 is 0 Å². The average Bonchev–Trinajstić information content (AvgIpc) is 2.37. The highest BCUT2D eigenvalue weighted by molar-refractivity contribution is 4.90. The normalized spacial score (nSPS) is 13.4. The first-order valence-corrected chi connectivity index (χ1v) is 3.46. The molecule has 3 N–H and O–H groups in total. The Morgan fingerprint density at radius 3 is 2.91 bits per heavy atom. The third-order valence-corrected chi connectivity index (χ3v) is 1.22. The molecule has 0 bridgehead atoms. The van der Waals surface area contributed by atoms with Crippen molar-refractivity contribution in [1.82, 2.24) is 15.5 Å². The van der Waals surface area contributed by atoms with Crippen molar-refractivity contribution >= 4 is 0 Å². The Morgan fingerprint density at radius 1 is 1.73 bits per heavy atom. The Hall–Kier alpha value is -0.940. The van der Waals surface area contributed by atoms with Crippen LogP contribution in [0.5, 0.6) is 0 Å². The highest BCUT2D eigenvalue weighted by atomic mass is 16.5. The predicted octanol–water partition coefficient (Wildman–Crippen LogP) is -0.191. The summed E-state index contributed by atoms with van der Waals surface area (Å²) < 4.78 is 4.86. The van der Waals surface area contributed by atoms with Crippen molar-refractivity contribution in [3.63, 3.8) is 0 Å². The van der Waals surface area contributed by atoms with Crippen LogP contribution in [-0.4, -0.2) is 17.2 Å². The zero-order chi connectivity index (χ0) is 8.27. The molecule has 0 saturated carbocycles. The maximum Gasteiger partial charge on any atom is 0.240 e. The van der Waals surface area contributed by atoms with E-state index in [9.17, 15) is 0 Å². The molecule has 0 aliphatic carbocycles. The van der Waals surface area contributed by atoms with Gasteiger partial charge in [-0.05, 0) is 14.0 Å². The fraction of sp³-hybridized carbons (Fsp3) is 0.667. The van der Waals surface area contributed by atoms with E-state index in [2.05, 4.69) is 15.5 Å². The van der Waals surface area contributed by atoms with Crippen LogP contribution in [0.2, 0.25) is 0 Å². The summed E-state index contributed by atoms with van der Waals surface area (Å²) in [5.41, 5.74) is 5.52. The van der Waals surface area contributed by atoms with Crippen molar-refractivity contribution in [2.75, 3.05) is 7.05 Å². The van der Waals surface area contributed by atoms with E-state index in [0.29, 0.717) is 18.3 Å². The number of aromatic nitrogens is 2. The van der Waals surface area contributed by atoms with Crippen molar-refractivity contribution < 1.29 is 4.52 Å². The second-order valence-corrected chi connectivity index (χ2v) is 2.37. The van der Waals surface area contributed by atoms with Gasteiger partial charge >= 0.3 is 0 Å². The van der Waals surface area contributed by atoms with E-state index in [-0.39, 0.29) is 6.04 Å². The molecule has 0 radical (unpaired) electrons. The Balaban J connectivity index is 2.66. The van der Waals surface area contributed by atoms with Crippen molar-refractivity contribution in [3.8, 4) is 0 Å². The first kappa shape index (κ1) is 8.16. The molecular formula is C6H12N4O. The van der Waals surface area contributed by atoms with E-state index in [1.54, 1.807) is 0 Å². The van der Waals surface area contributed by atoms with Gasteiger partial charge in [0.2, 0.25) is 5.89 Å². The Kier molecular flexibility index (Phi) is 2.56. The maximum absolute atomic E-state index is 5.52. The minimum atomic E-state index is -0.163. The molecule has 62 valence electrons. The molecule has 1 rings (SSSR count). The molecule has 0 fully saturated rings. The monoisotopic (exact) mass is 156 g/mol. The van der Waals surface area contributed by atoms with Gasteiger partial charge in [-0.1, -0.05) is 5.16 Å². The third-order valence-electron chi connectivity index (χ3n) is 1.22. The summed E-state index contributed by atoms with van der Waals surface area (Å²) >= 11 is 0. The van der Waals surface area contributed by atoms with Crippen LogP contribution in [0.25, 0.3) is 0 Å². The first-order valence-electron chi connectivity index (χ1n) is 3.46. The molecule has 1 heterocycles. The highest BCUT2D eigenvalue weighted by Gasteiger charge is 2.07. The zero-order valence-electron chi connectivity index (χ0n) is 6.66. The molecule has 0 aliphatic heterocycles. The molecular weight excluding hydrogens is 144 g/mol. The lowest BCUT2D eigenvalue weighted by Crippen LogP contribution is -2.08. The SMILES string of the molecule is CNCc1nc(C(C)N)no1. The lowest BCUT2D eigenvalue weighted by Gasteiger charge is -1.92. The number of nitrogens with one attached hydrogen (secondary N) is 1. The van der Waals surface area contributed by atoms with Crippen LogP contribution >= 0.6 is 0 Å².